The number of thiol groups is 1. The van der Waals surface area contributed by atoms with E-state index in [0.717, 1.165) is 0 Å². The highest BCUT2D eigenvalue weighted by Crippen LogP contribution is 2.31. The van der Waals surface area contributed by atoms with E-state index in [2.05, 4.69) is 69.0 Å². The molecule has 1 heteroatoms. The molecule has 2 unspecified atom stereocenters. The van der Waals surface area contributed by atoms with Crippen LogP contribution in [0.5, 0.6) is 0 Å². The molecule has 78 valence electrons. The first-order chi connectivity index (χ1) is 7.18. The van der Waals surface area contributed by atoms with Crippen LogP contribution < -0.4 is 0 Å². The number of aryl methyl sites for hydroxylation is 2. The van der Waals surface area contributed by atoms with Gasteiger partial charge < -0.3 is 0 Å². The molecule has 0 aromatic heterocycles. The molecule has 0 amide bonds. The molecule has 0 fully saturated rings. The van der Waals surface area contributed by atoms with Crippen LogP contribution in [0.25, 0.3) is 0 Å². The predicted octanol–water partition coefficient (Wildman–Crippen LogP) is 3.81. The summed E-state index contributed by atoms with van der Waals surface area (Å²) in [6, 6.07) is 6.62. The summed E-state index contributed by atoms with van der Waals surface area (Å²) in [5, 5.41) is 0.301. The Labute approximate surface area is 97.1 Å². The molecule has 0 saturated heterocycles. The molecule has 1 aliphatic rings. The van der Waals surface area contributed by atoms with Crippen LogP contribution in [-0.2, 0) is 0 Å². The molecule has 15 heavy (non-hydrogen) atoms. The zero-order valence-corrected chi connectivity index (χ0v) is 10.0. The second-order valence-corrected chi connectivity index (χ2v) is 4.74. The molecule has 0 N–H and O–H groups in total. The van der Waals surface area contributed by atoms with Gasteiger partial charge in [0.15, 0.2) is 0 Å². The maximum atomic E-state index is 4.61. The number of rotatable bonds is 1. The Kier molecular flexibility index (Phi) is 3.01. The maximum Gasteiger partial charge on any atom is 0.0303 e. The quantitative estimate of drug-likeness (QED) is 0.678. The van der Waals surface area contributed by atoms with Crippen molar-refractivity contribution < 1.29 is 0 Å². The lowest BCUT2D eigenvalue weighted by Gasteiger charge is -2.22. The summed E-state index contributed by atoms with van der Waals surface area (Å²) in [6.07, 6.45) is 8.56. The van der Waals surface area contributed by atoms with E-state index in [1.54, 1.807) is 0 Å². The number of hydrogen-bond acceptors (Lipinski definition) is 1. The number of allylic oxidation sites excluding steroid dienone is 3. The van der Waals surface area contributed by atoms with Crippen molar-refractivity contribution >= 4 is 12.6 Å². The lowest BCUT2D eigenvalue weighted by molar-refractivity contribution is 0.864. The monoisotopic (exact) mass is 216 g/mol. The molecule has 0 nitrogen and oxygen atoms in total. The van der Waals surface area contributed by atoms with Crippen LogP contribution in [0.3, 0.4) is 0 Å². The first-order valence-corrected chi connectivity index (χ1v) is 5.80. The van der Waals surface area contributed by atoms with Crippen LogP contribution in [-0.4, -0.2) is 5.25 Å². The van der Waals surface area contributed by atoms with Gasteiger partial charge in [-0.15, -0.1) is 0 Å². The van der Waals surface area contributed by atoms with Gasteiger partial charge in [0.25, 0.3) is 0 Å². The molecule has 0 bridgehead atoms. The number of benzene rings is 1. The van der Waals surface area contributed by atoms with E-state index in [1.165, 1.54) is 16.7 Å². The molecule has 1 aromatic carbocycles. The smallest absolute Gasteiger partial charge is 0.0303 e. The zero-order valence-electron chi connectivity index (χ0n) is 9.14. The molecule has 2 atom stereocenters. The van der Waals surface area contributed by atoms with Crippen molar-refractivity contribution in [3.63, 3.8) is 0 Å². The Morgan fingerprint density at radius 2 is 1.80 bits per heavy atom. The maximum absolute atomic E-state index is 4.61. The molecule has 2 rings (SSSR count). The van der Waals surface area contributed by atoms with Gasteiger partial charge in [0.1, 0.15) is 0 Å². The minimum absolute atomic E-state index is 0.301. The van der Waals surface area contributed by atoms with Crippen LogP contribution in [0.2, 0.25) is 0 Å². The Morgan fingerprint density at radius 1 is 1.07 bits per heavy atom. The van der Waals surface area contributed by atoms with Gasteiger partial charge in [-0.1, -0.05) is 48.1 Å². The fourth-order valence-electron chi connectivity index (χ4n) is 2.00. The Balaban J connectivity index is 2.40. The summed E-state index contributed by atoms with van der Waals surface area (Å²) < 4.78 is 0. The summed E-state index contributed by atoms with van der Waals surface area (Å²) in [5.41, 5.74) is 4.07. The first kappa shape index (κ1) is 10.6. The average Bonchev–Trinajstić information content (AvgIpc) is 2.23. The molecule has 0 aliphatic heterocycles. The van der Waals surface area contributed by atoms with Crippen molar-refractivity contribution in [2.24, 2.45) is 0 Å². The third-order valence-corrected chi connectivity index (χ3v) is 3.39. The van der Waals surface area contributed by atoms with Crippen LogP contribution >= 0.6 is 12.6 Å². The average molecular weight is 216 g/mol. The SMILES string of the molecule is Cc1ccc(C)c(C2C=CC=CC2S)c1. The fraction of sp³-hybridized carbons (Fsp3) is 0.286. The Morgan fingerprint density at radius 3 is 2.53 bits per heavy atom. The third-order valence-electron chi connectivity index (χ3n) is 2.90. The van der Waals surface area contributed by atoms with Crippen LogP contribution in [0.15, 0.2) is 42.5 Å². The van der Waals surface area contributed by atoms with Gasteiger partial charge in [-0.2, -0.15) is 12.6 Å². The Bertz CT molecular complexity index is 415. The summed E-state index contributed by atoms with van der Waals surface area (Å²) in [4.78, 5) is 0. The van der Waals surface area contributed by atoms with Gasteiger partial charge in [0.05, 0.1) is 0 Å². The highest BCUT2D eigenvalue weighted by molar-refractivity contribution is 7.81. The zero-order chi connectivity index (χ0) is 10.8. The predicted molar refractivity (Wildman–Crippen MR) is 69.7 cm³/mol. The molecular formula is C14H16S. The molecule has 0 radical (unpaired) electrons. The standard InChI is InChI=1S/C14H16S/c1-10-7-8-11(2)13(9-10)12-5-3-4-6-14(12)15/h3-9,12,14-15H,1-2H3. The molecule has 0 spiro atoms. The van der Waals surface area contributed by atoms with Crippen molar-refractivity contribution in [2.75, 3.05) is 0 Å². The van der Waals surface area contributed by atoms with E-state index in [4.69, 9.17) is 0 Å². The van der Waals surface area contributed by atoms with Crippen LogP contribution in [0.4, 0.5) is 0 Å². The summed E-state index contributed by atoms with van der Waals surface area (Å²) in [6.45, 7) is 4.31. The van der Waals surface area contributed by atoms with Crippen molar-refractivity contribution in [2.45, 2.75) is 25.0 Å². The van der Waals surface area contributed by atoms with E-state index in [0.29, 0.717) is 11.2 Å². The highest BCUT2D eigenvalue weighted by Gasteiger charge is 2.18. The molecule has 0 saturated carbocycles. The lowest BCUT2D eigenvalue weighted by atomic mass is 9.88. The second-order valence-electron chi connectivity index (χ2n) is 4.15. The van der Waals surface area contributed by atoms with E-state index in [1.807, 2.05) is 0 Å². The summed E-state index contributed by atoms with van der Waals surface area (Å²) in [5.74, 6) is 0.415. The summed E-state index contributed by atoms with van der Waals surface area (Å²) in [7, 11) is 0. The Hall–Kier alpha value is -0.950. The van der Waals surface area contributed by atoms with Crippen molar-refractivity contribution in [1.29, 1.82) is 0 Å². The van der Waals surface area contributed by atoms with Crippen LogP contribution in [0.1, 0.15) is 22.6 Å². The van der Waals surface area contributed by atoms with E-state index < -0.39 is 0 Å². The molecule has 1 aliphatic carbocycles. The first-order valence-electron chi connectivity index (χ1n) is 5.28. The minimum atomic E-state index is 0.301. The third kappa shape index (κ3) is 2.18. The normalized spacial score (nSPS) is 24.5. The van der Waals surface area contributed by atoms with Gasteiger partial charge in [-0.25, -0.2) is 0 Å². The fourth-order valence-corrected chi connectivity index (χ4v) is 2.36. The summed E-state index contributed by atoms with van der Waals surface area (Å²) >= 11 is 4.61. The van der Waals surface area contributed by atoms with Gasteiger partial charge in [-0.3, -0.25) is 0 Å². The molecular weight excluding hydrogens is 200 g/mol. The highest BCUT2D eigenvalue weighted by atomic mass is 32.1. The van der Waals surface area contributed by atoms with Gasteiger partial charge in [0, 0.05) is 11.2 Å². The topological polar surface area (TPSA) is 0 Å². The molecule has 0 heterocycles. The largest absolute Gasteiger partial charge is 0.171 e. The van der Waals surface area contributed by atoms with E-state index in [-0.39, 0.29) is 0 Å². The second kappa shape index (κ2) is 4.28. The van der Waals surface area contributed by atoms with E-state index in [9.17, 15) is 0 Å². The van der Waals surface area contributed by atoms with Crippen molar-refractivity contribution in [3.05, 3.63) is 59.2 Å². The minimum Gasteiger partial charge on any atom is -0.171 e. The lowest BCUT2D eigenvalue weighted by Crippen LogP contribution is -2.11. The van der Waals surface area contributed by atoms with E-state index >= 15 is 0 Å². The number of hydrogen-bond donors (Lipinski definition) is 1. The molecule has 1 aromatic rings. The van der Waals surface area contributed by atoms with Crippen molar-refractivity contribution in [3.8, 4) is 0 Å². The van der Waals surface area contributed by atoms with Crippen molar-refractivity contribution in [1.82, 2.24) is 0 Å². The van der Waals surface area contributed by atoms with Gasteiger partial charge in [-0.05, 0) is 25.0 Å². The van der Waals surface area contributed by atoms with Gasteiger partial charge >= 0.3 is 0 Å². The van der Waals surface area contributed by atoms with Crippen LogP contribution in [0, 0.1) is 13.8 Å². The van der Waals surface area contributed by atoms with Gasteiger partial charge in [0.2, 0.25) is 0 Å².